The molecule has 0 spiro atoms. The van der Waals surface area contributed by atoms with Crippen LogP contribution in [-0.2, 0) is 11.3 Å². The predicted molar refractivity (Wildman–Crippen MR) is 91.8 cm³/mol. The van der Waals surface area contributed by atoms with Crippen molar-refractivity contribution in [1.82, 2.24) is 14.3 Å². The number of carbonyl (C=O) groups excluding carboxylic acids is 1. The molecule has 0 saturated heterocycles. The first-order chi connectivity index (χ1) is 12.0. The second kappa shape index (κ2) is 7.12. The highest BCUT2D eigenvalue weighted by Gasteiger charge is 2.16. The Morgan fingerprint density at radius 2 is 1.96 bits per heavy atom. The molecular formula is C18H17FN4O2. The van der Waals surface area contributed by atoms with Crippen molar-refractivity contribution in [3.63, 3.8) is 0 Å². The molecule has 6 nitrogen and oxygen atoms in total. The third-order valence-electron chi connectivity index (χ3n) is 3.85. The normalized spacial score (nSPS) is 11.9. The second-order valence-corrected chi connectivity index (χ2v) is 5.63. The number of carbonyl (C=O) groups is 1. The molecule has 2 aromatic heterocycles. The zero-order valence-corrected chi connectivity index (χ0v) is 13.6. The molecule has 7 heteroatoms. The van der Waals surface area contributed by atoms with Gasteiger partial charge in [-0.25, -0.2) is 4.39 Å². The maximum Gasteiger partial charge on any atom is 0.274 e. The molecule has 0 aliphatic carbocycles. The molecule has 1 atom stereocenters. The van der Waals surface area contributed by atoms with Gasteiger partial charge < -0.3 is 9.88 Å². The lowest BCUT2D eigenvalue weighted by atomic mass is 10.2. The first kappa shape index (κ1) is 16.6. The average Bonchev–Trinajstić information content (AvgIpc) is 3.14. The maximum atomic E-state index is 13.0. The van der Waals surface area contributed by atoms with Crippen molar-refractivity contribution in [1.29, 1.82) is 0 Å². The van der Waals surface area contributed by atoms with Gasteiger partial charge in [-0.15, -0.1) is 0 Å². The van der Waals surface area contributed by atoms with E-state index in [4.69, 9.17) is 0 Å². The zero-order valence-electron chi connectivity index (χ0n) is 13.6. The Balaban J connectivity index is 1.78. The van der Waals surface area contributed by atoms with Crippen molar-refractivity contribution in [3.05, 3.63) is 82.8 Å². The maximum absolute atomic E-state index is 13.0. The molecule has 0 fully saturated rings. The molecule has 3 rings (SSSR count). The van der Waals surface area contributed by atoms with Crippen LogP contribution in [0.3, 0.4) is 0 Å². The molecule has 0 bridgehead atoms. The van der Waals surface area contributed by atoms with E-state index in [0.29, 0.717) is 0 Å². The minimum atomic E-state index is -0.542. The Bertz CT molecular complexity index is 917. The first-order valence-corrected chi connectivity index (χ1v) is 7.78. The van der Waals surface area contributed by atoms with Crippen molar-refractivity contribution in [3.8, 4) is 0 Å². The van der Waals surface area contributed by atoms with Crippen molar-refractivity contribution >= 4 is 11.6 Å². The van der Waals surface area contributed by atoms with Crippen molar-refractivity contribution < 1.29 is 9.18 Å². The lowest BCUT2D eigenvalue weighted by Crippen LogP contribution is -2.29. The summed E-state index contributed by atoms with van der Waals surface area (Å²) in [6, 6.07) is 10.3. The summed E-state index contributed by atoms with van der Waals surface area (Å²) < 4.78 is 16.0. The van der Waals surface area contributed by atoms with E-state index in [2.05, 4.69) is 10.4 Å². The summed E-state index contributed by atoms with van der Waals surface area (Å²) >= 11 is 0. The number of nitrogens with zero attached hydrogens (tertiary/aromatic N) is 3. The highest BCUT2D eigenvalue weighted by atomic mass is 19.1. The molecule has 1 aromatic carbocycles. The third kappa shape index (κ3) is 3.82. The topological polar surface area (TPSA) is 68.9 Å². The molecule has 3 aromatic rings. The van der Waals surface area contributed by atoms with Crippen LogP contribution in [0, 0.1) is 5.82 Å². The van der Waals surface area contributed by atoms with E-state index >= 15 is 0 Å². The Hall–Kier alpha value is -3.22. The van der Waals surface area contributed by atoms with Gasteiger partial charge in [-0.2, -0.15) is 5.10 Å². The van der Waals surface area contributed by atoms with Gasteiger partial charge >= 0.3 is 0 Å². The van der Waals surface area contributed by atoms with Gasteiger partial charge in [-0.1, -0.05) is 12.1 Å². The Morgan fingerprint density at radius 1 is 1.20 bits per heavy atom. The fourth-order valence-corrected chi connectivity index (χ4v) is 2.41. The van der Waals surface area contributed by atoms with Gasteiger partial charge in [-0.3, -0.25) is 14.3 Å². The Kier molecular flexibility index (Phi) is 4.74. The number of benzene rings is 1. The van der Waals surface area contributed by atoms with E-state index in [0.717, 1.165) is 5.56 Å². The van der Waals surface area contributed by atoms with Crippen molar-refractivity contribution in [2.45, 2.75) is 19.5 Å². The molecule has 0 aliphatic heterocycles. The van der Waals surface area contributed by atoms with E-state index < -0.39 is 6.04 Å². The van der Waals surface area contributed by atoms with Crippen LogP contribution in [0.5, 0.6) is 0 Å². The van der Waals surface area contributed by atoms with Crippen LogP contribution in [0.1, 0.15) is 18.5 Å². The third-order valence-corrected chi connectivity index (χ3v) is 3.85. The summed E-state index contributed by atoms with van der Waals surface area (Å²) in [5.41, 5.74) is 0.651. The van der Waals surface area contributed by atoms with Gasteiger partial charge in [0.15, 0.2) is 0 Å². The van der Waals surface area contributed by atoms with Crippen molar-refractivity contribution in [2.24, 2.45) is 0 Å². The lowest BCUT2D eigenvalue weighted by molar-refractivity contribution is -0.119. The molecule has 0 radical (unpaired) electrons. The number of pyridine rings is 1. The van der Waals surface area contributed by atoms with Crippen LogP contribution in [0.15, 0.2) is 65.8 Å². The number of nitrogens with one attached hydrogen (secondary N) is 1. The number of amides is 1. The molecule has 1 amide bonds. The standard InChI is InChI=1S/C18H17FN4O2/c1-13(23-11-3-9-20-23)17(24)21-16-4-2-10-22(18(16)25)12-14-5-7-15(19)8-6-14/h2-11,13H,12H2,1H3,(H,21,24)/t13-/m1/s1. The van der Waals surface area contributed by atoms with Gasteiger partial charge in [0, 0.05) is 18.6 Å². The Morgan fingerprint density at radius 3 is 2.64 bits per heavy atom. The number of halogens is 1. The highest BCUT2D eigenvalue weighted by Crippen LogP contribution is 2.09. The van der Waals surface area contributed by atoms with E-state index in [-0.39, 0.29) is 29.5 Å². The van der Waals surface area contributed by atoms with Crippen LogP contribution in [-0.4, -0.2) is 20.3 Å². The summed E-state index contributed by atoms with van der Waals surface area (Å²) in [6.45, 7) is 1.99. The van der Waals surface area contributed by atoms with E-state index in [1.54, 1.807) is 55.8 Å². The SMILES string of the molecule is C[C@H](C(=O)Nc1cccn(Cc2ccc(F)cc2)c1=O)n1cccn1. The monoisotopic (exact) mass is 340 g/mol. The molecule has 2 heterocycles. The summed E-state index contributed by atoms with van der Waals surface area (Å²) in [4.78, 5) is 24.8. The first-order valence-electron chi connectivity index (χ1n) is 7.78. The van der Waals surface area contributed by atoms with E-state index in [1.807, 2.05) is 0 Å². The summed E-state index contributed by atoms with van der Waals surface area (Å²) in [7, 11) is 0. The smallest absolute Gasteiger partial charge is 0.274 e. The molecule has 1 N–H and O–H groups in total. The molecule has 0 unspecified atom stereocenters. The number of rotatable bonds is 5. The van der Waals surface area contributed by atoms with E-state index in [9.17, 15) is 14.0 Å². The minimum Gasteiger partial charge on any atom is -0.320 e. The quantitative estimate of drug-likeness (QED) is 0.776. The number of hydrogen-bond donors (Lipinski definition) is 1. The molecule has 128 valence electrons. The highest BCUT2D eigenvalue weighted by molar-refractivity contribution is 5.93. The molecule has 0 saturated carbocycles. The number of hydrogen-bond acceptors (Lipinski definition) is 3. The molecule has 25 heavy (non-hydrogen) atoms. The fraction of sp³-hybridized carbons (Fsp3) is 0.167. The fourth-order valence-electron chi connectivity index (χ4n) is 2.41. The summed E-state index contributed by atoms with van der Waals surface area (Å²) in [5, 5.41) is 6.66. The Labute approximate surface area is 143 Å². The number of aromatic nitrogens is 3. The van der Waals surface area contributed by atoms with Crippen molar-refractivity contribution in [2.75, 3.05) is 5.32 Å². The van der Waals surface area contributed by atoms with Gasteiger partial charge in [-0.05, 0) is 42.8 Å². The van der Waals surface area contributed by atoms with Crippen LogP contribution in [0.4, 0.5) is 10.1 Å². The second-order valence-electron chi connectivity index (χ2n) is 5.63. The van der Waals surface area contributed by atoms with E-state index in [1.165, 1.54) is 21.4 Å². The van der Waals surface area contributed by atoms with Gasteiger partial charge in [0.05, 0.1) is 6.54 Å². The lowest BCUT2D eigenvalue weighted by Gasteiger charge is -2.13. The van der Waals surface area contributed by atoms with Crippen LogP contribution in [0.25, 0.3) is 0 Å². The predicted octanol–water partition coefficient (Wildman–Crippen LogP) is 2.43. The molecule has 0 aliphatic rings. The molecular weight excluding hydrogens is 323 g/mol. The number of anilines is 1. The average molecular weight is 340 g/mol. The summed E-state index contributed by atoms with van der Waals surface area (Å²) in [6.07, 6.45) is 4.89. The van der Waals surface area contributed by atoms with Gasteiger partial charge in [0.1, 0.15) is 17.5 Å². The van der Waals surface area contributed by atoms with Crippen LogP contribution >= 0.6 is 0 Å². The van der Waals surface area contributed by atoms with Gasteiger partial charge in [0.2, 0.25) is 5.91 Å². The van der Waals surface area contributed by atoms with Crippen LogP contribution in [0.2, 0.25) is 0 Å². The van der Waals surface area contributed by atoms with Crippen LogP contribution < -0.4 is 10.9 Å². The van der Waals surface area contributed by atoms with Gasteiger partial charge in [0.25, 0.3) is 5.56 Å². The summed E-state index contributed by atoms with van der Waals surface area (Å²) in [5.74, 6) is -0.662. The largest absolute Gasteiger partial charge is 0.320 e. The minimum absolute atomic E-state index is 0.189. The zero-order chi connectivity index (χ0) is 17.8.